The second kappa shape index (κ2) is 4.12. The SMILES string of the molecule is CN(C(=O)C1(CN)CCCCC1)C1CC1. The molecule has 0 aromatic heterocycles. The molecule has 2 aliphatic rings. The Balaban J connectivity index is 2.06. The van der Waals surface area contributed by atoms with Gasteiger partial charge in [-0.25, -0.2) is 0 Å². The van der Waals surface area contributed by atoms with Crippen LogP contribution in [0, 0.1) is 5.41 Å². The standard InChI is InChI=1S/C12H22N2O/c1-14(10-5-6-10)11(15)12(9-13)7-3-2-4-8-12/h10H,2-9,13H2,1H3. The molecule has 2 saturated carbocycles. The summed E-state index contributed by atoms with van der Waals surface area (Å²) in [6, 6.07) is 0.517. The van der Waals surface area contributed by atoms with E-state index in [9.17, 15) is 4.79 Å². The molecule has 0 radical (unpaired) electrons. The molecule has 2 rings (SSSR count). The molecule has 2 aliphatic carbocycles. The van der Waals surface area contributed by atoms with Crippen LogP contribution in [0.25, 0.3) is 0 Å². The highest BCUT2D eigenvalue weighted by atomic mass is 16.2. The number of nitrogens with two attached hydrogens (primary N) is 1. The molecule has 0 atom stereocenters. The van der Waals surface area contributed by atoms with Gasteiger partial charge < -0.3 is 10.6 Å². The van der Waals surface area contributed by atoms with Crippen molar-refractivity contribution in [2.75, 3.05) is 13.6 Å². The Morgan fingerprint density at radius 2 is 1.93 bits per heavy atom. The van der Waals surface area contributed by atoms with Gasteiger partial charge in [0.1, 0.15) is 0 Å². The second-order valence-electron chi connectivity index (χ2n) is 5.19. The summed E-state index contributed by atoms with van der Waals surface area (Å²) in [5.41, 5.74) is 5.64. The fraction of sp³-hybridized carbons (Fsp3) is 0.917. The van der Waals surface area contributed by atoms with Crippen molar-refractivity contribution in [2.24, 2.45) is 11.1 Å². The Labute approximate surface area is 92.0 Å². The van der Waals surface area contributed by atoms with Gasteiger partial charge in [-0.05, 0) is 25.7 Å². The third-order valence-corrected chi connectivity index (χ3v) is 4.07. The summed E-state index contributed by atoms with van der Waals surface area (Å²) in [6.45, 7) is 0.531. The molecule has 15 heavy (non-hydrogen) atoms. The number of hydrogen-bond donors (Lipinski definition) is 1. The Bertz CT molecular complexity index is 242. The van der Waals surface area contributed by atoms with Crippen molar-refractivity contribution < 1.29 is 4.79 Å². The maximum Gasteiger partial charge on any atom is 0.230 e. The van der Waals surface area contributed by atoms with Gasteiger partial charge in [-0.1, -0.05) is 19.3 Å². The van der Waals surface area contributed by atoms with Crippen LogP contribution in [0.3, 0.4) is 0 Å². The maximum atomic E-state index is 12.4. The highest BCUT2D eigenvalue weighted by molar-refractivity contribution is 5.83. The zero-order valence-corrected chi connectivity index (χ0v) is 9.67. The lowest BCUT2D eigenvalue weighted by molar-refractivity contribution is -0.142. The summed E-state index contributed by atoms with van der Waals surface area (Å²) in [5.74, 6) is 0.312. The van der Waals surface area contributed by atoms with E-state index in [-0.39, 0.29) is 5.41 Å². The van der Waals surface area contributed by atoms with Gasteiger partial charge in [-0.15, -0.1) is 0 Å². The van der Waals surface area contributed by atoms with Crippen molar-refractivity contribution >= 4 is 5.91 Å². The first-order valence-electron chi connectivity index (χ1n) is 6.17. The van der Waals surface area contributed by atoms with Gasteiger partial charge in [-0.3, -0.25) is 4.79 Å². The lowest BCUT2D eigenvalue weighted by Crippen LogP contribution is -2.48. The normalized spacial score (nSPS) is 24.9. The monoisotopic (exact) mass is 210 g/mol. The smallest absolute Gasteiger partial charge is 0.230 e. The molecule has 2 N–H and O–H groups in total. The van der Waals surface area contributed by atoms with E-state index in [0.717, 1.165) is 12.8 Å². The van der Waals surface area contributed by atoms with Crippen molar-refractivity contribution in [3.63, 3.8) is 0 Å². The molecule has 0 aromatic carbocycles. The van der Waals surface area contributed by atoms with Crippen LogP contribution in [-0.4, -0.2) is 30.4 Å². The largest absolute Gasteiger partial charge is 0.342 e. The van der Waals surface area contributed by atoms with Gasteiger partial charge in [-0.2, -0.15) is 0 Å². The molecule has 0 heterocycles. The van der Waals surface area contributed by atoms with Gasteiger partial charge in [0.25, 0.3) is 0 Å². The Kier molecular flexibility index (Phi) is 3.01. The fourth-order valence-electron chi connectivity index (χ4n) is 2.74. The lowest BCUT2D eigenvalue weighted by Gasteiger charge is -2.37. The summed E-state index contributed by atoms with van der Waals surface area (Å²) in [6.07, 6.45) is 7.97. The van der Waals surface area contributed by atoms with Gasteiger partial charge in [0.05, 0.1) is 5.41 Å². The predicted molar refractivity (Wildman–Crippen MR) is 60.4 cm³/mol. The first-order valence-corrected chi connectivity index (χ1v) is 6.17. The molecule has 0 bridgehead atoms. The first kappa shape index (κ1) is 10.9. The molecule has 3 nitrogen and oxygen atoms in total. The summed E-state index contributed by atoms with van der Waals surface area (Å²) in [5, 5.41) is 0. The third kappa shape index (κ3) is 2.03. The molecule has 3 heteroatoms. The first-order chi connectivity index (χ1) is 7.19. The number of hydrogen-bond acceptors (Lipinski definition) is 2. The van der Waals surface area contributed by atoms with Crippen LogP contribution in [0.2, 0.25) is 0 Å². The summed E-state index contributed by atoms with van der Waals surface area (Å²) in [7, 11) is 1.95. The topological polar surface area (TPSA) is 46.3 Å². The van der Waals surface area contributed by atoms with Crippen LogP contribution in [0.15, 0.2) is 0 Å². The Morgan fingerprint density at radius 3 is 2.40 bits per heavy atom. The average molecular weight is 210 g/mol. The van der Waals surface area contributed by atoms with Gasteiger partial charge in [0.15, 0.2) is 0 Å². The summed E-state index contributed by atoms with van der Waals surface area (Å²) >= 11 is 0. The van der Waals surface area contributed by atoms with Crippen LogP contribution in [0.1, 0.15) is 44.9 Å². The van der Waals surface area contributed by atoms with E-state index < -0.39 is 0 Å². The maximum absolute atomic E-state index is 12.4. The minimum Gasteiger partial charge on any atom is -0.342 e. The Morgan fingerprint density at radius 1 is 1.33 bits per heavy atom. The minimum absolute atomic E-state index is 0.213. The van der Waals surface area contributed by atoms with Crippen molar-refractivity contribution in [1.82, 2.24) is 4.90 Å². The number of amides is 1. The van der Waals surface area contributed by atoms with Crippen molar-refractivity contribution in [3.05, 3.63) is 0 Å². The van der Waals surface area contributed by atoms with Gasteiger partial charge in [0, 0.05) is 19.6 Å². The lowest BCUT2D eigenvalue weighted by atomic mass is 9.73. The van der Waals surface area contributed by atoms with E-state index in [2.05, 4.69) is 0 Å². The average Bonchev–Trinajstić information content (AvgIpc) is 3.12. The van der Waals surface area contributed by atoms with Crippen LogP contribution in [-0.2, 0) is 4.79 Å². The minimum atomic E-state index is -0.213. The summed E-state index contributed by atoms with van der Waals surface area (Å²) < 4.78 is 0. The number of nitrogens with zero attached hydrogens (tertiary/aromatic N) is 1. The number of carbonyl (C=O) groups excluding carboxylic acids is 1. The Hall–Kier alpha value is -0.570. The highest BCUT2D eigenvalue weighted by Gasteiger charge is 2.43. The molecule has 0 aromatic rings. The van der Waals surface area contributed by atoms with Crippen LogP contribution in [0.4, 0.5) is 0 Å². The molecule has 0 saturated heterocycles. The van der Waals surface area contributed by atoms with Crippen molar-refractivity contribution in [3.8, 4) is 0 Å². The molecule has 0 aliphatic heterocycles. The molecular formula is C12H22N2O. The zero-order valence-electron chi connectivity index (χ0n) is 9.67. The van der Waals surface area contributed by atoms with Crippen LogP contribution >= 0.6 is 0 Å². The van der Waals surface area contributed by atoms with E-state index in [1.807, 2.05) is 11.9 Å². The van der Waals surface area contributed by atoms with Gasteiger partial charge in [0.2, 0.25) is 5.91 Å². The molecule has 2 fully saturated rings. The molecule has 1 amide bonds. The number of rotatable bonds is 3. The van der Waals surface area contributed by atoms with Crippen LogP contribution in [0.5, 0.6) is 0 Å². The van der Waals surface area contributed by atoms with E-state index in [1.54, 1.807) is 0 Å². The molecule has 0 unspecified atom stereocenters. The highest BCUT2D eigenvalue weighted by Crippen LogP contribution is 2.39. The van der Waals surface area contributed by atoms with E-state index >= 15 is 0 Å². The molecule has 86 valence electrons. The molecule has 0 spiro atoms. The summed E-state index contributed by atoms with van der Waals surface area (Å²) in [4.78, 5) is 14.3. The third-order valence-electron chi connectivity index (χ3n) is 4.07. The zero-order chi connectivity index (χ0) is 10.9. The number of carbonyl (C=O) groups is 1. The van der Waals surface area contributed by atoms with Crippen molar-refractivity contribution in [2.45, 2.75) is 51.0 Å². The quantitative estimate of drug-likeness (QED) is 0.767. The fourth-order valence-corrected chi connectivity index (χ4v) is 2.74. The van der Waals surface area contributed by atoms with Crippen LogP contribution < -0.4 is 5.73 Å². The van der Waals surface area contributed by atoms with Gasteiger partial charge >= 0.3 is 0 Å². The second-order valence-corrected chi connectivity index (χ2v) is 5.19. The molecular weight excluding hydrogens is 188 g/mol. The van der Waals surface area contributed by atoms with Crippen molar-refractivity contribution in [1.29, 1.82) is 0 Å². The van der Waals surface area contributed by atoms with E-state index in [4.69, 9.17) is 5.73 Å². The van der Waals surface area contributed by atoms with E-state index in [1.165, 1.54) is 32.1 Å². The predicted octanol–water partition coefficient (Wildman–Crippen LogP) is 1.52. The van der Waals surface area contributed by atoms with E-state index in [0.29, 0.717) is 18.5 Å².